The molecule has 0 unspecified atom stereocenters. The largest absolute Gasteiger partial charge is 0.231 e. The Morgan fingerprint density at radius 2 is 0.679 bits per heavy atom. The smallest absolute Gasteiger partial charge is 0.188 e. The molecule has 4 aromatic carbocycles. The first-order chi connectivity index (χ1) is 13.7. The van der Waals surface area contributed by atoms with E-state index >= 15 is 4.39 Å². The van der Waals surface area contributed by atoms with Crippen molar-refractivity contribution in [2.45, 2.75) is 10.5 Å². The molecule has 0 aliphatic rings. The van der Waals surface area contributed by atoms with E-state index in [0.717, 1.165) is 0 Å². The lowest BCUT2D eigenvalue weighted by atomic mass is 9.70. The van der Waals surface area contributed by atoms with Crippen LogP contribution in [0.5, 0.6) is 0 Å². The molecule has 138 valence electrons. The van der Waals surface area contributed by atoms with Crippen LogP contribution in [0, 0.1) is 0 Å². The number of hydrogen-bond donors (Lipinski definition) is 0. The number of hydrogen-bond acceptors (Lipinski definition) is 0. The predicted octanol–water partition coefficient (Wildman–Crippen LogP) is 7.08. The molecule has 0 N–H and O–H groups in total. The van der Waals surface area contributed by atoms with Crippen LogP contribution in [0.3, 0.4) is 0 Å². The molecule has 0 saturated heterocycles. The van der Waals surface area contributed by atoms with Gasteiger partial charge in [-0.25, -0.2) is 4.39 Å². The second-order valence-corrected chi connectivity index (χ2v) is 7.35. The summed E-state index contributed by atoms with van der Waals surface area (Å²) in [5.74, 6) is 0. The predicted molar refractivity (Wildman–Crippen MR) is 114 cm³/mol. The van der Waals surface area contributed by atoms with Crippen molar-refractivity contribution >= 4 is 11.6 Å². The molecule has 0 bridgehead atoms. The third-order valence-electron chi connectivity index (χ3n) is 5.16. The van der Waals surface area contributed by atoms with Crippen molar-refractivity contribution in [2.75, 3.05) is 0 Å². The highest BCUT2D eigenvalue weighted by atomic mass is 35.5. The summed E-state index contributed by atoms with van der Waals surface area (Å²) in [7, 11) is 0. The first-order valence-corrected chi connectivity index (χ1v) is 9.65. The second kappa shape index (κ2) is 7.61. The average molecular weight is 387 g/mol. The molecule has 4 aromatic rings. The number of halogens is 2. The van der Waals surface area contributed by atoms with Gasteiger partial charge in [0, 0.05) is 0 Å². The Hall–Kier alpha value is -2.90. The minimum Gasteiger partial charge on any atom is -0.231 e. The van der Waals surface area contributed by atoms with Crippen molar-refractivity contribution in [2.24, 2.45) is 0 Å². The maximum atomic E-state index is 17.5. The highest BCUT2D eigenvalue weighted by Crippen LogP contribution is 2.56. The third kappa shape index (κ3) is 2.93. The molecular formula is C26H20ClF. The molecule has 0 nitrogen and oxygen atoms in total. The number of rotatable bonds is 5. The molecule has 4 rings (SSSR count). The highest BCUT2D eigenvalue weighted by molar-refractivity contribution is 6.27. The molecule has 28 heavy (non-hydrogen) atoms. The minimum atomic E-state index is -1.99. The Morgan fingerprint density at radius 1 is 0.429 bits per heavy atom. The van der Waals surface area contributed by atoms with E-state index in [1.54, 1.807) is 24.3 Å². The van der Waals surface area contributed by atoms with Crippen LogP contribution in [0.1, 0.15) is 22.3 Å². The standard InChI is InChI=1S/C26H20ClF/c27-25(21-13-5-1-6-14-21,22-15-7-2-8-16-22)26(28,23-17-9-3-10-18-23)24-19-11-4-12-20-24/h1-20H. The van der Waals surface area contributed by atoms with Crippen molar-refractivity contribution in [3.05, 3.63) is 144 Å². The second-order valence-electron chi connectivity index (χ2n) is 6.78. The SMILES string of the molecule is FC(c1ccccc1)(c1ccccc1)C(Cl)(c1ccccc1)c1ccccc1. The van der Waals surface area contributed by atoms with Crippen molar-refractivity contribution in [3.8, 4) is 0 Å². The van der Waals surface area contributed by atoms with Gasteiger partial charge in [-0.2, -0.15) is 0 Å². The van der Waals surface area contributed by atoms with Crippen molar-refractivity contribution < 1.29 is 4.39 Å². The molecule has 0 atom stereocenters. The Balaban J connectivity index is 2.09. The molecule has 2 heteroatoms. The zero-order valence-corrected chi connectivity index (χ0v) is 16.1. The normalized spacial score (nSPS) is 11.9. The van der Waals surface area contributed by atoms with Gasteiger partial charge in [-0.1, -0.05) is 121 Å². The van der Waals surface area contributed by atoms with Gasteiger partial charge in [-0.05, 0) is 22.3 Å². The highest BCUT2D eigenvalue weighted by Gasteiger charge is 2.56. The number of benzene rings is 4. The maximum absolute atomic E-state index is 17.5. The minimum absolute atomic E-state index is 0.518. The Morgan fingerprint density at radius 3 is 0.964 bits per heavy atom. The van der Waals surface area contributed by atoms with Gasteiger partial charge in [-0.15, -0.1) is 11.6 Å². The Labute approximate surface area is 170 Å². The maximum Gasteiger partial charge on any atom is 0.188 e. The summed E-state index contributed by atoms with van der Waals surface area (Å²) in [5.41, 5.74) is 0.462. The van der Waals surface area contributed by atoms with Gasteiger partial charge >= 0.3 is 0 Å². The van der Waals surface area contributed by atoms with Crippen LogP contribution in [0.4, 0.5) is 4.39 Å². The van der Waals surface area contributed by atoms with Crippen LogP contribution < -0.4 is 0 Å². The van der Waals surface area contributed by atoms with Crippen molar-refractivity contribution in [1.29, 1.82) is 0 Å². The van der Waals surface area contributed by atoms with E-state index in [9.17, 15) is 0 Å². The first kappa shape index (κ1) is 18.5. The average Bonchev–Trinajstić information content (AvgIpc) is 2.80. The van der Waals surface area contributed by atoms with Gasteiger partial charge in [0.25, 0.3) is 0 Å². The molecule has 0 saturated carbocycles. The van der Waals surface area contributed by atoms with Crippen LogP contribution in [0.25, 0.3) is 0 Å². The fourth-order valence-corrected chi connectivity index (χ4v) is 4.27. The van der Waals surface area contributed by atoms with Crippen LogP contribution >= 0.6 is 11.6 Å². The molecule has 0 heterocycles. The van der Waals surface area contributed by atoms with Gasteiger partial charge in [0.2, 0.25) is 0 Å². The van der Waals surface area contributed by atoms with E-state index in [1.807, 2.05) is 97.1 Å². The van der Waals surface area contributed by atoms with Gasteiger partial charge in [0.1, 0.15) is 4.87 Å². The van der Waals surface area contributed by atoms with Crippen LogP contribution in [0.15, 0.2) is 121 Å². The van der Waals surface area contributed by atoms with Crippen molar-refractivity contribution in [3.63, 3.8) is 0 Å². The molecule has 0 fully saturated rings. The van der Waals surface area contributed by atoms with E-state index in [4.69, 9.17) is 11.6 Å². The van der Waals surface area contributed by atoms with E-state index in [2.05, 4.69) is 0 Å². The summed E-state index contributed by atoms with van der Waals surface area (Å²) < 4.78 is 17.5. The summed E-state index contributed by atoms with van der Waals surface area (Å²) in [6, 6.07) is 37.3. The van der Waals surface area contributed by atoms with Gasteiger partial charge in [-0.3, -0.25) is 0 Å². The summed E-state index contributed by atoms with van der Waals surface area (Å²) in [5, 5.41) is 0. The molecule has 0 aliphatic carbocycles. The Kier molecular flexibility index (Phi) is 5.02. The molecule has 0 radical (unpaired) electrons. The summed E-state index contributed by atoms with van der Waals surface area (Å²) >= 11 is 7.39. The quantitative estimate of drug-likeness (QED) is 0.321. The Bertz CT molecular complexity index is 849. The third-order valence-corrected chi connectivity index (χ3v) is 5.86. The zero-order valence-electron chi connectivity index (χ0n) is 15.3. The van der Waals surface area contributed by atoms with Crippen LogP contribution in [-0.2, 0) is 10.5 Å². The molecule has 0 spiro atoms. The fourth-order valence-electron chi connectivity index (χ4n) is 3.80. The van der Waals surface area contributed by atoms with E-state index in [-0.39, 0.29) is 0 Å². The lowest BCUT2D eigenvalue weighted by molar-refractivity contribution is 0.170. The van der Waals surface area contributed by atoms with Crippen molar-refractivity contribution in [1.82, 2.24) is 0 Å². The van der Waals surface area contributed by atoms with Gasteiger partial charge < -0.3 is 0 Å². The molecule has 0 amide bonds. The number of alkyl halides is 2. The zero-order chi connectivity index (χ0) is 19.5. The molecule has 0 aliphatic heterocycles. The fraction of sp³-hybridized carbons (Fsp3) is 0.0769. The van der Waals surface area contributed by atoms with E-state index in [1.165, 1.54) is 0 Å². The first-order valence-electron chi connectivity index (χ1n) is 9.27. The summed E-state index contributed by atoms with van der Waals surface area (Å²) in [6.07, 6.45) is 0. The lowest BCUT2D eigenvalue weighted by Crippen LogP contribution is -2.44. The van der Waals surface area contributed by atoms with E-state index in [0.29, 0.717) is 22.3 Å². The summed E-state index contributed by atoms with van der Waals surface area (Å²) in [4.78, 5) is -1.45. The lowest BCUT2D eigenvalue weighted by Gasteiger charge is -2.42. The topological polar surface area (TPSA) is 0 Å². The molecule has 0 aromatic heterocycles. The van der Waals surface area contributed by atoms with Gasteiger partial charge in [0.15, 0.2) is 5.67 Å². The summed E-state index contributed by atoms with van der Waals surface area (Å²) in [6.45, 7) is 0. The van der Waals surface area contributed by atoms with Crippen LogP contribution in [-0.4, -0.2) is 0 Å². The van der Waals surface area contributed by atoms with Crippen LogP contribution in [0.2, 0.25) is 0 Å². The molecular weight excluding hydrogens is 367 g/mol. The monoisotopic (exact) mass is 386 g/mol. The van der Waals surface area contributed by atoms with E-state index < -0.39 is 10.5 Å². The van der Waals surface area contributed by atoms with Gasteiger partial charge in [0.05, 0.1) is 0 Å².